The third-order valence-electron chi connectivity index (χ3n) is 3.43. The number of hydrogen-bond donors (Lipinski definition) is 1. The van der Waals surface area contributed by atoms with E-state index in [9.17, 15) is 4.39 Å². The summed E-state index contributed by atoms with van der Waals surface area (Å²) in [5.41, 5.74) is 7.71. The number of nitrogens with zero attached hydrogens (tertiary/aromatic N) is 1. The Morgan fingerprint density at radius 2 is 2.25 bits per heavy atom. The highest BCUT2D eigenvalue weighted by molar-refractivity contribution is 5.34. The van der Waals surface area contributed by atoms with Crippen LogP contribution in [0.1, 0.15) is 30.9 Å². The summed E-state index contributed by atoms with van der Waals surface area (Å²) in [5, 5.41) is 0. The van der Waals surface area contributed by atoms with Crippen molar-refractivity contribution in [3.8, 4) is 0 Å². The highest BCUT2D eigenvalue weighted by Gasteiger charge is 2.27. The molecule has 3 heteroatoms. The van der Waals surface area contributed by atoms with Crippen LogP contribution >= 0.6 is 0 Å². The highest BCUT2D eigenvalue weighted by Crippen LogP contribution is 2.30. The van der Waals surface area contributed by atoms with E-state index in [1.165, 1.54) is 6.07 Å². The summed E-state index contributed by atoms with van der Waals surface area (Å²) in [6, 6.07) is 5.76. The number of fused-ring (bicyclic) bond motifs is 1. The Morgan fingerprint density at radius 3 is 2.88 bits per heavy atom. The number of hydrogen-bond acceptors (Lipinski definition) is 2. The number of halogens is 1. The lowest BCUT2D eigenvalue weighted by molar-refractivity contribution is 0.182. The fourth-order valence-electron chi connectivity index (χ4n) is 2.37. The highest BCUT2D eigenvalue weighted by atomic mass is 19.1. The molecule has 0 radical (unpaired) electrons. The minimum Gasteiger partial charge on any atom is -0.330 e. The topological polar surface area (TPSA) is 29.3 Å². The van der Waals surface area contributed by atoms with Gasteiger partial charge in [0, 0.05) is 37.2 Å². The minimum absolute atomic E-state index is 0.0960. The molecule has 0 fully saturated rings. The minimum atomic E-state index is -0.0960. The maximum absolute atomic E-state index is 13.8. The van der Waals surface area contributed by atoms with Crippen LogP contribution in [-0.2, 0) is 6.54 Å². The summed E-state index contributed by atoms with van der Waals surface area (Å²) in [6.07, 6.45) is 0. The van der Waals surface area contributed by atoms with Crippen LogP contribution in [0.15, 0.2) is 18.2 Å². The summed E-state index contributed by atoms with van der Waals surface area (Å²) >= 11 is 0. The van der Waals surface area contributed by atoms with E-state index in [4.69, 9.17) is 5.73 Å². The molecule has 1 unspecified atom stereocenters. The lowest BCUT2D eigenvalue weighted by Crippen LogP contribution is -2.40. The zero-order chi connectivity index (χ0) is 11.7. The van der Waals surface area contributed by atoms with Crippen molar-refractivity contribution in [1.82, 2.24) is 4.90 Å². The normalized spacial score (nSPS) is 21.2. The Morgan fingerprint density at radius 1 is 1.50 bits per heavy atom. The van der Waals surface area contributed by atoms with Gasteiger partial charge in [-0.25, -0.2) is 4.39 Å². The summed E-state index contributed by atoms with van der Waals surface area (Å²) in [4.78, 5) is 2.28. The first-order valence-corrected chi connectivity index (χ1v) is 5.85. The maximum Gasteiger partial charge on any atom is 0.127 e. The molecule has 2 rings (SSSR count). The van der Waals surface area contributed by atoms with Gasteiger partial charge < -0.3 is 5.73 Å². The molecule has 1 aliphatic heterocycles. The summed E-state index contributed by atoms with van der Waals surface area (Å²) < 4.78 is 13.8. The third kappa shape index (κ3) is 1.97. The Labute approximate surface area is 96.2 Å². The van der Waals surface area contributed by atoms with Crippen LogP contribution in [0.25, 0.3) is 0 Å². The summed E-state index contributed by atoms with van der Waals surface area (Å²) in [5.74, 6) is 0.170. The molecule has 0 aromatic heterocycles. The van der Waals surface area contributed by atoms with Crippen molar-refractivity contribution in [3.05, 3.63) is 35.1 Å². The molecule has 16 heavy (non-hydrogen) atoms. The summed E-state index contributed by atoms with van der Waals surface area (Å²) in [7, 11) is 0. The largest absolute Gasteiger partial charge is 0.330 e. The average molecular weight is 222 g/mol. The van der Waals surface area contributed by atoms with E-state index in [1.54, 1.807) is 6.07 Å². The molecule has 0 saturated heterocycles. The summed E-state index contributed by atoms with van der Waals surface area (Å²) in [6.45, 7) is 6.50. The van der Waals surface area contributed by atoms with Gasteiger partial charge in [0.05, 0.1) is 0 Å². The first-order valence-electron chi connectivity index (χ1n) is 5.85. The van der Waals surface area contributed by atoms with Crippen LogP contribution in [0.5, 0.6) is 0 Å². The van der Waals surface area contributed by atoms with Crippen LogP contribution in [0.4, 0.5) is 4.39 Å². The van der Waals surface area contributed by atoms with Crippen molar-refractivity contribution < 1.29 is 4.39 Å². The van der Waals surface area contributed by atoms with Crippen LogP contribution in [0, 0.1) is 5.82 Å². The van der Waals surface area contributed by atoms with E-state index >= 15 is 0 Å². The van der Waals surface area contributed by atoms with E-state index in [1.807, 2.05) is 6.07 Å². The average Bonchev–Trinajstić information content (AvgIpc) is 2.28. The van der Waals surface area contributed by atoms with E-state index in [0.717, 1.165) is 17.7 Å². The molecule has 0 amide bonds. The van der Waals surface area contributed by atoms with Gasteiger partial charge in [0.2, 0.25) is 0 Å². The van der Waals surface area contributed by atoms with E-state index in [2.05, 4.69) is 18.7 Å². The number of nitrogens with two attached hydrogens (primary N) is 1. The zero-order valence-corrected chi connectivity index (χ0v) is 9.91. The first-order chi connectivity index (χ1) is 7.63. The Kier molecular flexibility index (Phi) is 3.26. The standard InChI is InChI=1S/C13H19FN2/c1-9(2)16-7-10(6-15)11-4-3-5-13(14)12(11)8-16/h3-5,9-10H,6-8,15H2,1-2H3. The molecular formula is C13H19FN2. The molecular weight excluding hydrogens is 203 g/mol. The molecule has 88 valence electrons. The fourth-order valence-corrected chi connectivity index (χ4v) is 2.37. The Bertz CT molecular complexity index is 376. The number of benzene rings is 1. The maximum atomic E-state index is 13.8. The molecule has 1 aromatic rings. The lowest BCUT2D eigenvalue weighted by atomic mass is 9.89. The molecule has 1 aliphatic rings. The molecule has 2 nitrogen and oxygen atoms in total. The third-order valence-corrected chi connectivity index (χ3v) is 3.43. The predicted octanol–water partition coefficient (Wildman–Crippen LogP) is 2.09. The van der Waals surface area contributed by atoms with Gasteiger partial charge >= 0.3 is 0 Å². The van der Waals surface area contributed by atoms with Crippen LogP contribution < -0.4 is 5.73 Å². The molecule has 1 aromatic carbocycles. The van der Waals surface area contributed by atoms with Crippen LogP contribution in [-0.4, -0.2) is 24.0 Å². The predicted molar refractivity (Wildman–Crippen MR) is 63.7 cm³/mol. The number of rotatable bonds is 2. The molecule has 1 atom stereocenters. The second-order valence-corrected chi connectivity index (χ2v) is 4.76. The van der Waals surface area contributed by atoms with Crippen molar-refractivity contribution in [1.29, 1.82) is 0 Å². The van der Waals surface area contributed by atoms with Gasteiger partial charge in [-0.1, -0.05) is 12.1 Å². The SMILES string of the molecule is CC(C)N1Cc2c(F)cccc2C(CN)C1. The quantitative estimate of drug-likeness (QED) is 0.830. The monoisotopic (exact) mass is 222 g/mol. The van der Waals surface area contributed by atoms with Crippen molar-refractivity contribution >= 4 is 0 Å². The lowest BCUT2D eigenvalue weighted by Gasteiger charge is -2.36. The smallest absolute Gasteiger partial charge is 0.127 e. The van der Waals surface area contributed by atoms with Gasteiger partial charge in [-0.05, 0) is 25.5 Å². The van der Waals surface area contributed by atoms with E-state index < -0.39 is 0 Å². The molecule has 0 spiro atoms. The molecule has 0 saturated carbocycles. The Balaban J connectivity index is 2.38. The molecule has 0 aliphatic carbocycles. The van der Waals surface area contributed by atoms with Gasteiger partial charge in [0.1, 0.15) is 5.82 Å². The van der Waals surface area contributed by atoms with Crippen molar-refractivity contribution in [2.24, 2.45) is 5.73 Å². The first kappa shape index (κ1) is 11.6. The molecule has 1 heterocycles. The Hall–Kier alpha value is -0.930. The van der Waals surface area contributed by atoms with Gasteiger partial charge in [-0.2, -0.15) is 0 Å². The van der Waals surface area contributed by atoms with Crippen molar-refractivity contribution in [3.63, 3.8) is 0 Å². The van der Waals surface area contributed by atoms with Gasteiger partial charge in [0.15, 0.2) is 0 Å². The van der Waals surface area contributed by atoms with E-state index in [0.29, 0.717) is 19.1 Å². The fraction of sp³-hybridized carbons (Fsp3) is 0.538. The zero-order valence-electron chi connectivity index (χ0n) is 9.91. The van der Waals surface area contributed by atoms with Crippen molar-refractivity contribution in [2.75, 3.05) is 13.1 Å². The molecule has 2 N–H and O–H groups in total. The van der Waals surface area contributed by atoms with Crippen LogP contribution in [0.2, 0.25) is 0 Å². The molecule has 0 bridgehead atoms. The van der Waals surface area contributed by atoms with E-state index in [-0.39, 0.29) is 11.7 Å². The van der Waals surface area contributed by atoms with Gasteiger partial charge in [0.25, 0.3) is 0 Å². The van der Waals surface area contributed by atoms with Gasteiger partial charge in [-0.15, -0.1) is 0 Å². The van der Waals surface area contributed by atoms with Crippen LogP contribution in [0.3, 0.4) is 0 Å². The second kappa shape index (κ2) is 4.52. The van der Waals surface area contributed by atoms with Crippen molar-refractivity contribution in [2.45, 2.75) is 32.4 Å². The van der Waals surface area contributed by atoms with Gasteiger partial charge in [-0.3, -0.25) is 4.90 Å². The second-order valence-electron chi connectivity index (χ2n) is 4.76.